The maximum absolute atomic E-state index is 12.0. The predicted molar refractivity (Wildman–Crippen MR) is 108 cm³/mol. The molecular weight excluding hydrogens is 392 g/mol. The van der Waals surface area contributed by atoms with Gasteiger partial charge in [0, 0.05) is 17.6 Å². The molecule has 0 aliphatic carbocycles. The average molecular weight is 412 g/mol. The number of amides is 3. The Bertz CT molecular complexity index is 954. The van der Waals surface area contributed by atoms with E-state index in [1.54, 1.807) is 22.2 Å². The number of thiophene rings is 1. The van der Waals surface area contributed by atoms with Crippen LogP contribution < -0.4 is 10.6 Å². The highest BCUT2D eigenvalue weighted by Crippen LogP contribution is 2.08. The second-order valence-electron chi connectivity index (χ2n) is 6.12. The zero-order valence-electron chi connectivity index (χ0n) is 15.5. The van der Waals surface area contributed by atoms with Crippen LogP contribution in [0.25, 0.3) is 0 Å². The third kappa shape index (κ3) is 6.58. The van der Waals surface area contributed by atoms with Gasteiger partial charge >= 0.3 is 12.0 Å². The molecule has 0 saturated carbocycles. The van der Waals surface area contributed by atoms with Crippen LogP contribution in [0.15, 0.2) is 60.2 Å². The van der Waals surface area contributed by atoms with Crippen molar-refractivity contribution in [2.75, 3.05) is 13.2 Å². The van der Waals surface area contributed by atoms with Crippen molar-refractivity contribution < 1.29 is 19.1 Å². The summed E-state index contributed by atoms with van der Waals surface area (Å²) in [6.45, 7) is 0.362. The van der Waals surface area contributed by atoms with Gasteiger partial charge in [-0.15, -0.1) is 11.3 Å². The molecule has 2 aromatic heterocycles. The van der Waals surface area contributed by atoms with Crippen LogP contribution in [0.4, 0.5) is 4.79 Å². The lowest BCUT2D eigenvalue weighted by Crippen LogP contribution is -2.42. The molecule has 0 atom stereocenters. The highest BCUT2D eigenvalue weighted by molar-refractivity contribution is 7.09. The highest BCUT2D eigenvalue weighted by Gasteiger charge is 2.14. The second-order valence-corrected chi connectivity index (χ2v) is 7.15. The summed E-state index contributed by atoms with van der Waals surface area (Å²) in [7, 11) is 0. The monoisotopic (exact) mass is 412 g/mol. The Balaban J connectivity index is 1.37. The van der Waals surface area contributed by atoms with Gasteiger partial charge in [-0.2, -0.15) is 5.10 Å². The molecule has 0 unspecified atom stereocenters. The van der Waals surface area contributed by atoms with E-state index in [0.717, 1.165) is 10.4 Å². The number of nitrogens with zero attached hydrogens (tertiary/aromatic N) is 2. The number of urea groups is 1. The lowest BCUT2D eigenvalue weighted by molar-refractivity contribution is -0.123. The Hall–Kier alpha value is -3.46. The van der Waals surface area contributed by atoms with Gasteiger partial charge < -0.3 is 10.1 Å². The van der Waals surface area contributed by atoms with Crippen LogP contribution in [0.3, 0.4) is 0 Å². The SMILES string of the molecule is O=C(COC(=O)c1cnn(Cc2ccccc2)c1)NC(=O)NCCc1cccs1. The molecule has 0 aliphatic heterocycles. The van der Waals surface area contributed by atoms with Crippen molar-refractivity contribution >= 4 is 29.2 Å². The van der Waals surface area contributed by atoms with E-state index >= 15 is 0 Å². The fraction of sp³-hybridized carbons (Fsp3) is 0.200. The number of benzene rings is 1. The first-order valence-electron chi connectivity index (χ1n) is 8.94. The van der Waals surface area contributed by atoms with Crippen molar-refractivity contribution in [3.05, 3.63) is 76.2 Å². The third-order valence-corrected chi connectivity index (χ3v) is 4.82. The minimum Gasteiger partial charge on any atom is -0.452 e. The number of hydrogen-bond acceptors (Lipinski definition) is 6. The summed E-state index contributed by atoms with van der Waals surface area (Å²) in [5.41, 5.74) is 1.27. The van der Waals surface area contributed by atoms with E-state index in [1.165, 1.54) is 6.20 Å². The number of hydrogen-bond donors (Lipinski definition) is 2. The van der Waals surface area contributed by atoms with Gasteiger partial charge in [0.05, 0.1) is 18.3 Å². The first-order valence-corrected chi connectivity index (χ1v) is 9.81. The Morgan fingerprint density at radius 1 is 1.10 bits per heavy atom. The normalized spacial score (nSPS) is 10.3. The molecule has 0 radical (unpaired) electrons. The fourth-order valence-corrected chi connectivity index (χ4v) is 3.21. The van der Waals surface area contributed by atoms with E-state index < -0.39 is 24.5 Å². The van der Waals surface area contributed by atoms with Gasteiger partial charge in [0.15, 0.2) is 6.61 Å². The first-order chi connectivity index (χ1) is 14.1. The molecule has 150 valence electrons. The van der Waals surface area contributed by atoms with Crippen LogP contribution in [-0.4, -0.2) is 40.8 Å². The van der Waals surface area contributed by atoms with Gasteiger partial charge in [-0.25, -0.2) is 9.59 Å². The number of nitrogens with one attached hydrogen (secondary N) is 2. The van der Waals surface area contributed by atoms with Crippen LogP contribution in [0.1, 0.15) is 20.8 Å². The molecular formula is C20H20N4O4S. The van der Waals surface area contributed by atoms with Crippen LogP contribution in [0.2, 0.25) is 0 Å². The Morgan fingerprint density at radius 2 is 1.93 bits per heavy atom. The van der Waals surface area contributed by atoms with Crippen molar-refractivity contribution in [3.63, 3.8) is 0 Å². The number of carbonyl (C=O) groups excluding carboxylic acids is 3. The minimum atomic E-state index is -0.705. The summed E-state index contributed by atoms with van der Waals surface area (Å²) in [5, 5.41) is 10.8. The summed E-state index contributed by atoms with van der Waals surface area (Å²) in [5.74, 6) is -1.39. The van der Waals surface area contributed by atoms with E-state index in [2.05, 4.69) is 15.7 Å². The maximum Gasteiger partial charge on any atom is 0.341 e. The lowest BCUT2D eigenvalue weighted by Gasteiger charge is -2.06. The van der Waals surface area contributed by atoms with Crippen LogP contribution in [-0.2, 0) is 22.5 Å². The molecule has 2 N–H and O–H groups in total. The molecule has 0 fully saturated rings. The molecule has 1 aromatic carbocycles. The maximum atomic E-state index is 12.0. The van der Waals surface area contributed by atoms with Crippen molar-refractivity contribution in [2.45, 2.75) is 13.0 Å². The Labute approximate surface area is 171 Å². The topological polar surface area (TPSA) is 102 Å². The van der Waals surface area contributed by atoms with Gasteiger partial charge in [0.1, 0.15) is 0 Å². The second kappa shape index (κ2) is 10.2. The largest absolute Gasteiger partial charge is 0.452 e. The molecule has 0 saturated heterocycles. The number of esters is 1. The van der Waals surface area contributed by atoms with E-state index in [-0.39, 0.29) is 5.56 Å². The summed E-state index contributed by atoms with van der Waals surface area (Å²) < 4.78 is 6.54. The Kier molecular flexibility index (Phi) is 7.12. The lowest BCUT2D eigenvalue weighted by atomic mass is 10.2. The van der Waals surface area contributed by atoms with Crippen molar-refractivity contribution in [1.29, 1.82) is 0 Å². The quantitative estimate of drug-likeness (QED) is 0.553. The average Bonchev–Trinajstić information content (AvgIpc) is 3.39. The van der Waals surface area contributed by atoms with E-state index in [9.17, 15) is 14.4 Å². The molecule has 0 aliphatic rings. The molecule has 3 aromatic rings. The van der Waals surface area contributed by atoms with Crippen molar-refractivity contribution in [1.82, 2.24) is 20.4 Å². The molecule has 0 spiro atoms. The van der Waals surface area contributed by atoms with Crippen molar-refractivity contribution in [3.8, 4) is 0 Å². The van der Waals surface area contributed by atoms with Crippen LogP contribution in [0.5, 0.6) is 0 Å². The summed E-state index contributed by atoms with van der Waals surface area (Å²) in [6.07, 6.45) is 3.60. The first kappa shape index (κ1) is 20.3. The predicted octanol–water partition coefficient (Wildman–Crippen LogP) is 2.22. The van der Waals surface area contributed by atoms with E-state index in [0.29, 0.717) is 19.5 Å². The van der Waals surface area contributed by atoms with E-state index in [1.807, 2.05) is 47.8 Å². The molecule has 9 heteroatoms. The smallest absolute Gasteiger partial charge is 0.341 e. The van der Waals surface area contributed by atoms with Gasteiger partial charge in [0.2, 0.25) is 0 Å². The zero-order valence-corrected chi connectivity index (χ0v) is 16.4. The highest BCUT2D eigenvalue weighted by atomic mass is 32.1. The number of imide groups is 1. The summed E-state index contributed by atoms with van der Waals surface area (Å²) >= 11 is 1.60. The summed E-state index contributed by atoms with van der Waals surface area (Å²) in [4.78, 5) is 36.6. The van der Waals surface area contributed by atoms with Crippen LogP contribution in [0, 0.1) is 0 Å². The van der Waals surface area contributed by atoms with Gasteiger partial charge in [-0.3, -0.25) is 14.8 Å². The van der Waals surface area contributed by atoms with Gasteiger partial charge in [-0.1, -0.05) is 36.4 Å². The molecule has 0 bridgehead atoms. The minimum absolute atomic E-state index is 0.231. The molecule has 8 nitrogen and oxygen atoms in total. The molecule has 3 amide bonds. The zero-order chi connectivity index (χ0) is 20.5. The van der Waals surface area contributed by atoms with E-state index in [4.69, 9.17) is 4.74 Å². The van der Waals surface area contributed by atoms with Crippen molar-refractivity contribution in [2.24, 2.45) is 0 Å². The number of ether oxygens (including phenoxy) is 1. The number of rotatable bonds is 8. The number of carbonyl (C=O) groups is 3. The van der Waals surface area contributed by atoms with Gasteiger partial charge in [-0.05, 0) is 23.4 Å². The molecule has 3 rings (SSSR count). The third-order valence-electron chi connectivity index (χ3n) is 3.88. The number of aromatic nitrogens is 2. The standard InChI is InChI=1S/C20H20N4O4S/c25-18(23-20(27)21-9-8-17-7-4-10-29-17)14-28-19(26)16-11-22-24(13-16)12-15-5-2-1-3-6-15/h1-7,10-11,13H,8-9,12,14H2,(H2,21,23,25,27). The molecule has 2 heterocycles. The fourth-order valence-electron chi connectivity index (χ4n) is 2.50. The Morgan fingerprint density at radius 3 is 2.69 bits per heavy atom. The summed E-state index contributed by atoms with van der Waals surface area (Å²) in [6, 6.07) is 12.9. The van der Waals surface area contributed by atoms with Gasteiger partial charge in [0.25, 0.3) is 5.91 Å². The molecule has 29 heavy (non-hydrogen) atoms. The van der Waals surface area contributed by atoms with Crippen LogP contribution >= 0.6 is 11.3 Å².